The molecule has 9 nitrogen and oxygen atoms in total. The molecule has 1 aromatic heterocycles. The number of nitrogen functional groups attached to an aromatic ring is 1. The second kappa shape index (κ2) is 9.86. The number of amides is 1. The standard InChI is InChI=1S/C23H24N6O3S/c1-14-5-3-4-6-18(14)25-23-27-19(26-22(24)28-23)13-32-21(31)15-11-20(30)29(12-15)16-7-9-17(33-2)10-8-16/h3-10,15H,11-13H2,1-2H3,(H3,24,25,26,27,28). The maximum Gasteiger partial charge on any atom is 0.311 e. The third-order valence-electron chi connectivity index (χ3n) is 5.28. The molecular weight excluding hydrogens is 440 g/mol. The van der Waals surface area contributed by atoms with Crippen LogP contribution in [0.15, 0.2) is 53.4 Å². The SMILES string of the molecule is CSc1ccc(N2CC(C(=O)OCc3nc(N)nc(Nc4ccccc4C)n3)CC2=O)cc1. The molecule has 0 aliphatic carbocycles. The molecule has 2 heterocycles. The number of carbonyl (C=O) groups is 2. The van der Waals surface area contributed by atoms with E-state index in [1.165, 1.54) is 0 Å². The molecular formula is C23H24N6O3S. The Kier molecular flexibility index (Phi) is 6.74. The van der Waals surface area contributed by atoms with Crippen LogP contribution < -0.4 is 16.0 Å². The lowest BCUT2D eigenvalue weighted by molar-refractivity contribution is -0.149. The molecule has 0 saturated carbocycles. The molecule has 1 fully saturated rings. The molecule has 3 N–H and O–H groups in total. The molecule has 4 rings (SSSR count). The Morgan fingerprint density at radius 3 is 2.67 bits per heavy atom. The number of rotatable bonds is 7. The van der Waals surface area contributed by atoms with Crippen LogP contribution >= 0.6 is 11.8 Å². The number of esters is 1. The Balaban J connectivity index is 1.38. The minimum atomic E-state index is -0.554. The molecule has 1 unspecified atom stereocenters. The molecule has 170 valence electrons. The molecule has 10 heteroatoms. The van der Waals surface area contributed by atoms with Crippen molar-refractivity contribution in [3.05, 3.63) is 59.9 Å². The fourth-order valence-corrected chi connectivity index (χ4v) is 3.93. The van der Waals surface area contributed by atoms with Gasteiger partial charge < -0.3 is 20.7 Å². The van der Waals surface area contributed by atoms with E-state index in [1.807, 2.05) is 61.7 Å². The summed E-state index contributed by atoms with van der Waals surface area (Å²) in [6, 6.07) is 15.3. The van der Waals surface area contributed by atoms with E-state index in [4.69, 9.17) is 10.5 Å². The number of aromatic nitrogens is 3. The number of nitrogens with one attached hydrogen (secondary N) is 1. The van der Waals surface area contributed by atoms with Crippen molar-refractivity contribution in [2.45, 2.75) is 24.8 Å². The van der Waals surface area contributed by atoms with Gasteiger partial charge in [0.25, 0.3) is 0 Å². The minimum absolute atomic E-state index is 0.0167. The van der Waals surface area contributed by atoms with Crippen LogP contribution in [-0.2, 0) is 20.9 Å². The zero-order chi connectivity index (χ0) is 23.4. The van der Waals surface area contributed by atoms with E-state index in [9.17, 15) is 9.59 Å². The monoisotopic (exact) mass is 464 g/mol. The van der Waals surface area contributed by atoms with Crippen molar-refractivity contribution in [3.8, 4) is 0 Å². The predicted octanol–water partition coefficient (Wildman–Crippen LogP) is 3.32. The van der Waals surface area contributed by atoms with Gasteiger partial charge in [-0.25, -0.2) is 0 Å². The molecule has 1 aliphatic heterocycles. The fraction of sp³-hybridized carbons (Fsp3) is 0.261. The van der Waals surface area contributed by atoms with Gasteiger partial charge in [0.1, 0.15) is 0 Å². The highest BCUT2D eigenvalue weighted by Gasteiger charge is 2.36. The summed E-state index contributed by atoms with van der Waals surface area (Å²) in [6.45, 7) is 2.07. The average Bonchev–Trinajstić information content (AvgIpc) is 3.20. The van der Waals surface area contributed by atoms with Crippen molar-refractivity contribution in [3.63, 3.8) is 0 Å². The van der Waals surface area contributed by atoms with Crippen LogP contribution in [0.4, 0.5) is 23.3 Å². The lowest BCUT2D eigenvalue weighted by Gasteiger charge is -2.16. The van der Waals surface area contributed by atoms with Crippen molar-refractivity contribution < 1.29 is 14.3 Å². The molecule has 0 bridgehead atoms. The summed E-state index contributed by atoms with van der Waals surface area (Å²) < 4.78 is 5.41. The number of nitrogens with zero attached hydrogens (tertiary/aromatic N) is 4. The molecule has 3 aromatic rings. The number of hydrogen-bond acceptors (Lipinski definition) is 9. The third kappa shape index (κ3) is 5.40. The van der Waals surface area contributed by atoms with Crippen LogP contribution in [0.3, 0.4) is 0 Å². The zero-order valence-electron chi connectivity index (χ0n) is 18.3. The fourth-order valence-electron chi connectivity index (χ4n) is 3.52. The normalized spacial score (nSPS) is 15.5. The maximum absolute atomic E-state index is 12.6. The summed E-state index contributed by atoms with van der Waals surface area (Å²) in [5.41, 5.74) is 8.43. The van der Waals surface area contributed by atoms with Crippen LogP contribution in [0.25, 0.3) is 0 Å². The van der Waals surface area contributed by atoms with Crippen molar-refractivity contribution in [1.29, 1.82) is 0 Å². The van der Waals surface area contributed by atoms with Crippen molar-refractivity contribution >= 4 is 46.9 Å². The molecule has 2 aromatic carbocycles. The minimum Gasteiger partial charge on any atom is -0.457 e. The van der Waals surface area contributed by atoms with Crippen LogP contribution in [-0.4, -0.2) is 39.6 Å². The van der Waals surface area contributed by atoms with Gasteiger partial charge in [-0.05, 0) is 49.1 Å². The largest absolute Gasteiger partial charge is 0.457 e. The number of hydrogen-bond donors (Lipinski definition) is 2. The number of carbonyl (C=O) groups excluding carboxylic acids is 2. The second-order valence-corrected chi connectivity index (χ2v) is 8.46. The lowest BCUT2D eigenvalue weighted by Crippen LogP contribution is -2.26. The summed E-state index contributed by atoms with van der Waals surface area (Å²) >= 11 is 1.63. The van der Waals surface area contributed by atoms with Crippen LogP contribution in [0.2, 0.25) is 0 Å². The zero-order valence-corrected chi connectivity index (χ0v) is 19.1. The number of anilines is 4. The van der Waals surface area contributed by atoms with E-state index in [1.54, 1.807) is 16.7 Å². The Bertz CT molecular complexity index is 1170. The Hall–Kier alpha value is -3.66. The first-order valence-electron chi connectivity index (χ1n) is 10.4. The summed E-state index contributed by atoms with van der Waals surface area (Å²) in [7, 11) is 0. The van der Waals surface area contributed by atoms with Crippen molar-refractivity contribution in [2.24, 2.45) is 5.92 Å². The van der Waals surface area contributed by atoms with E-state index >= 15 is 0 Å². The number of benzene rings is 2. The molecule has 1 amide bonds. The second-order valence-electron chi connectivity index (χ2n) is 7.58. The Morgan fingerprint density at radius 2 is 1.94 bits per heavy atom. The lowest BCUT2D eigenvalue weighted by atomic mass is 10.1. The highest BCUT2D eigenvalue weighted by atomic mass is 32.2. The molecule has 33 heavy (non-hydrogen) atoms. The van der Waals surface area contributed by atoms with Crippen molar-refractivity contribution in [1.82, 2.24) is 15.0 Å². The number of para-hydroxylation sites is 1. The molecule has 1 atom stereocenters. The summed E-state index contributed by atoms with van der Waals surface area (Å²) in [6.07, 6.45) is 2.09. The van der Waals surface area contributed by atoms with Crippen molar-refractivity contribution in [2.75, 3.05) is 28.8 Å². The third-order valence-corrected chi connectivity index (χ3v) is 6.02. The van der Waals surface area contributed by atoms with Gasteiger partial charge >= 0.3 is 5.97 Å². The summed E-state index contributed by atoms with van der Waals surface area (Å²) in [5.74, 6) is -0.633. The first-order chi connectivity index (χ1) is 15.9. The van der Waals surface area contributed by atoms with Gasteiger partial charge in [0.05, 0.1) is 5.92 Å². The number of nitrogens with two attached hydrogens (primary N) is 1. The topological polar surface area (TPSA) is 123 Å². The van der Waals surface area contributed by atoms with Crippen LogP contribution in [0.1, 0.15) is 17.8 Å². The first-order valence-corrected chi connectivity index (χ1v) is 11.6. The molecule has 0 radical (unpaired) electrons. The Morgan fingerprint density at radius 1 is 1.18 bits per heavy atom. The van der Waals surface area contributed by atoms with Gasteiger partial charge in [0.15, 0.2) is 12.4 Å². The van der Waals surface area contributed by atoms with Gasteiger partial charge in [-0.1, -0.05) is 18.2 Å². The predicted molar refractivity (Wildman–Crippen MR) is 127 cm³/mol. The number of thioether (sulfide) groups is 1. The number of ether oxygens (including phenoxy) is 1. The van der Waals surface area contributed by atoms with Gasteiger partial charge in [-0.3, -0.25) is 9.59 Å². The van der Waals surface area contributed by atoms with E-state index in [0.717, 1.165) is 21.8 Å². The van der Waals surface area contributed by atoms with E-state index < -0.39 is 11.9 Å². The molecule has 1 aliphatic rings. The highest BCUT2D eigenvalue weighted by molar-refractivity contribution is 7.98. The molecule has 0 spiro atoms. The maximum atomic E-state index is 12.6. The molecule has 1 saturated heterocycles. The number of aryl methyl sites for hydroxylation is 1. The van der Waals surface area contributed by atoms with E-state index in [0.29, 0.717) is 0 Å². The van der Waals surface area contributed by atoms with Gasteiger partial charge in [-0.2, -0.15) is 15.0 Å². The first kappa shape index (κ1) is 22.5. The Labute approximate surface area is 195 Å². The average molecular weight is 465 g/mol. The van der Waals surface area contributed by atoms with Crippen LogP contribution in [0.5, 0.6) is 0 Å². The summed E-state index contributed by atoms with van der Waals surface area (Å²) in [5, 5.41) is 3.10. The van der Waals surface area contributed by atoms with E-state index in [2.05, 4.69) is 20.3 Å². The van der Waals surface area contributed by atoms with Crippen LogP contribution in [0, 0.1) is 12.8 Å². The smallest absolute Gasteiger partial charge is 0.311 e. The van der Waals surface area contributed by atoms with Gasteiger partial charge in [-0.15, -0.1) is 11.8 Å². The van der Waals surface area contributed by atoms with E-state index in [-0.39, 0.29) is 43.2 Å². The quantitative estimate of drug-likeness (QED) is 0.400. The summed E-state index contributed by atoms with van der Waals surface area (Å²) in [4.78, 5) is 40.2. The highest BCUT2D eigenvalue weighted by Crippen LogP contribution is 2.28. The van der Waals surface area contributed by atoms with Gasteiger partial charge in [0.2, 0.25) is 17.8 Å². The van der Waals surface area contributed by atoms with Gasteiger partial charge in [0, 0.05) is 29.2 Å².